The SMILES string of the molecule is Cn1cc(C(=O)N2CCC(F)(C(=O)O)C2)c(-c2cccs2)n1. The van der Waals surface area contributed by atoms with E-state index in [-0.39, 0.29) is 13.0 Å². The van der Waals surface area contributed by atoms with E-state index in [0.29, 0.717) is 11.3 Å². The van der Waals surface area contributed by atoms with E-state index < -0.39 is 24.1 Å². The molecule has 0 spiro atoms. The molecule has 0 bridgehead atoms. The predicted molar refractivity (Wildman–Crippen MR) is 78.5 cm³/mol. The fraction of sp³-hybridized carbons (Fsp3) is 0.357. The number of aliphatic carboxylic acids is 1. The van der Waals surface area contributed by atoms with E-state index in [1.807, 2.05) is 17.5 Å². The minimum atomic E-state index is -2.36. The Morgan fingerprint density at radius 3 is 2.86 bits per heavy atom. The molecule has 1 amide bonds. The number of aryl methyl sites for hydroxylation is 1. The Bertz CT molecular complexity index is 728. The van der Waals surface area contributed by atoms with E-state index in [1.54, 1.807) is 13.2 Å². The summed E-state index contributed by atoms with van der Waals surface area (Å²) in [6.45, 7) is -0.347. The summed E-state index contributed by atoms with van der Waals surface area (Å²) >= 11 is 1.45. The van der Waals surface area contributed by atoms with Crippen LogP contribution < -0.4 is 0 Å². The number of thiophene rings is 1. The molecule has 1 unspecified atom stereocenters. The second kappa shape index (κ2) is 5.20. The molecule has 3 rings (SSSR count). The molecular formula is C14H14FN3O3S. The summed E-state index contributed by atoms with van der Waals surface area (Å²) in [6, 6.07) is 3.71. The van der Waals surface area contributed by atoms with Crippen molar-refractivity contribution in [2.24, 2.45) is 7.05 Å². The number of aromatic nitrogens is 2. The summed E-state index contributed by atoms with van der Waals surface area (Å²) in [7, 11) is 1.70. The number of carboxylic acids is 1. The first kappa shape index (κ1) is 14.7. The number of rotatable bonds is 3. The standard InChI is InChI=1S/C14H14FN3O3S/c1-17-7-9(11(16-17)10-3-2-6-22-10)12(19)18-5-4-14(15,8-18)13(20)21/h2-3,6-7H,4-5,8H2,1H3,(H,20,21). The molecule has 2 aromatic heterocycles. The Balaban J connectivity index is 1.90. The highest BCUT2D eigenvalue weighted by molar-refractivity contribution is 7.13. The highest BCUT2D eigenvalue weighted by Gasteiger charge is 2.47. The monoisotopic (exact) mass is 323 g/mol. The summed E-state index contributed by atoms with van der Waals surface area (Å²) in [6.07, 6.45) is 1.39. The lowest BCUT2D eigenvalue weighted by Gasteiger charge is -2.17. The van der Waals surface area contributed by atoms with Crippen molar-refractivity contribution in [1.82, 2.24) is 14.7 Å². The maximum atomic E-state index is 14.1. The van der Waals surface area contributed by atoms with Gasteiger partial charge in [0.2, 0.25) is 5.67 Å². The zero-order chi connectivity index (χ0) is 15.9. The number of alkyl halides is 1. The van der Waals surface area contributed by atoms with E-state index in [9.17, 15) is 14.0 Å². The van der Waals surface area contributed by atoms with Gasteiger partial charge in [-0.1, -0.05) is 6.07 Å². The summed E-state index contributed by atoms with van der Waals surface area (Å²) in [5.41, 5.74) is -1.46. The number of hydrogen-bond acceptors (Lipinski definition) is 4. The number of amides is 1. The third-order valence-electron chi connectivity index (χ3n) is 3.70. The van der Waals surface area contributed by atoms with E-state index >= 15 is 0 Å². The molecular weight excluding hydrogens is 309 g/mol. The Kier molecular flexibility index (Phi) is 3.48. The van der Waals surface area contributed by atoms with Crippen LogP contribution in [0.15, 0.2) is 23.7 Å². The topological polar surface area (TPSA) is 75.4 Å². The number of carboxylic acid groups (broad SMARTS) is 1. The molecule has 1 saturated heterocycles. The number of nitrogens with zero attached hydrogens (tertiary/aromatic N) is 3. The summed E-state index contributed by atoms with van der Waals surface area (Å²) in [4.78, 5) is 25.6. The van der Waals surface area contributed by atoms with Gasteiger partial charge >= 0.3 is 5.97 Å². The van der Waals surface area contributed by atoms with Gasteiger partial charge in [0, 0.05) is 26.2 Å². The van der Waals surface area contributed by atoms with Crippen molar-refractivity contribution in [3.63, 3.8) is 0 Å². The van der Waals surface area contributed by atoms with Crippen molar-refractivity contribution < 1.29 is 19.1 Å². The van der Waals surface area contributed by atoms with Gasteiger partial charge in [0.15, 0.2) is 0 Å². The molecule has 22 heavy (non-hydrogen) atoms. The van der Waals surface area contributed by atoms with Crippen LogP contribution in [0.2, 0.25) is 0 Å². The molecule has 0 saturated carbocycles. The van der Waals surface area contributed by atoms with Gasteiger partial charge in [0.25, 0.3) is 5.91 Å². The van der Waals surface area contributed by atoms with Crippen LogP contribution in [-0.2, 0) is 11.8 Å². The van der Waals surface area contributed by atoms with Crippen molar-refractivity contribution in [3.8, 4) is 10.6 Å². The average molecular weight is 323 g/mol. The van der Waals surface area contributed by atoms with Crippen molar-refractivity contribution in [2.75, 3.05) is 13.1 Å². The van der Waals surface area contributed by atoms with Crippen LogP contribution in [-0.4, -0.2) is 50.4 Å². The maximum Gasteiger partial charge on any atom is 0.343 e. The molecule has 2 aromatic rings. The van der Waals surface area contributed by atoms with Gasteiger partial charge < -0.3 is 10.0 Å². The van der Waals surface area contributed by atoms with E-state index in [4.69, 9.17) is 5.11 Å². The number of likely N-dealkylation sites (tertiary alicyclic amines) is 1. The largest absolute Gasteiger partial charge is 0.479 e. The fourth-order valence-corrected chi connectivity index (χ4v) is 3.25. The highest BCUT2D eigenvalue weighted by Crippen LogP contribution is 2.31. The highest BCUT2D eigenvalue weighted by atomic mass is 32.1. The van der Waals surface area contributed by atoms with Crippen LogP contribution in [0.25, 0.3) is 10.6 Å². The number of carbonyl (C=O) groups excluding carboxylic acids is 1. The Morgan fingerprint density at radius 2 is 2.27 bits per heavy atom. The zero-order valence-corrected chi connectivity index (χ0v) is 12.6. The molecule has 1 atom stereocenters. The fourth-order valence-electron chi connectivity index (χ4n) is 2.53. The van der Waals surface area contributed by atoms with E-state index in [0.717, 1.165) is 4.88 Å². The van der Waals surface area contributed by atoms with Gasteiger partial charge in [-0.3, -0.25) is 9.48 Å². The Hall–Kier alpha value is -2.22. The number of halogens is 1. The summed E-state index contributed by atoms with van der Waals surface area (Å²) in [5.74, 6) is -1.91. The molecule has 116 valence electrons. The second-order valence-corrected chi connectivity index (χ2v) is 6.24. The van der Waals surface area contributed by atoms with E-state index in [1.165, 1.54) is 20.9 Å². The van der Waals surface area contributed by atoms with Crippen molar-refractivity contribution in [3.05, 3.63) is 29.3 Å². The average Bonchev–Trinajstić information content (AvgIpc) is 3.17. The number of hydrogen-bond donors (Lipinski definition) is 1. The smallest absolute Gasteiger partial charge is 0.343 e. The van der Waals surface area contributed by atoms with Gasteiger partial charge in [0.1, 0.15) is 5.69 Å². The molecule has 0 aliphatic carbocycles. The zero-order valence-electron chi connectivity index (χ0n) is 11.8. The van der Waals surface area contributed by atoms with Crippen LogP contribution in [0, 0.1) is 0 Å². The molecule has 8 heteroatoms. The first-order valence-electron chi connectivity index (χ1n) is 6.70. The van der Waals surface area contributed by atoms with Gasteiger partial charge in [-0.15, -0.1) is 11.3 Å². The van der Waals surface area contributed by atoms with Gasteiger partial charge in [-0.05, 0) is 11.4 Å². The van der Waals surface area contributed by atoms with Crippen LogP contribution in [0.3, 0.4) is 0 Å². The molecule has 1 fully saturated rings. The molecule has 1 aliphatic heterocycles. The van der Waals surface area contributed by atoms with Gasteiger partial charge in [0.05, 0.1) is 17.0 Å². The normalized spacial score (nSPS) is 21.3. The van der Waals surface area contributed by atoms with Crippen LogP contribution >= 0.6 is 11.3 Å². The van der Waals surface area contributed by atoms with Crippen molar-refractivity contribution >= 4 is 23.2 Å². The molecule has 1 aliphatic rings. The lowest BCUT2D eigenvalue weighted by Crippen LogP contribution is -2.38. The van der Waals surface area contributed by atoms with Crippen LogP contribution in [0.4, 0.5) is 4.39 Å². The summed E-state index contributed by atoms with van der Waals surface area (Å²) < 4.78 is 15.7. The molecule has 0 radical (unpaired) electrons. The number of carbonyl (C=O) groups is 2. The Morgan fingerprint density at radius 1 is 1.50 bits per heavy atom. The van der Waals surface area contributed by atoms with Crippen LogP contribution in [0.1, 0.15) is 16.8 Å². The van der Waals surface area contributed by atoms with Crippen molar-refractivity contribution in [1.29, 1.82) is 0 Å². The minimum Gasteiger partial charge on any atom is -0.479 e. The summed E-state index contributed by atoms with van der Waals surface area (Å²) in [5, 5.41) is 15.1. The third-order valence-corrected chi connectivity index (χ3v) is 4.58. The molecule has 6 nitrogen and oxygen atoms in total. The molecule has 0 aromatic carbocycles. The Labute approximate surface area is 129 Å². The van der Waals surface area contributed by atoms with Crippen LogP contribution in [0.5, 0.6) is 0 Å². The quantitative estimate of drug-likeness (QED) is 0.934. The lowest BCUT2D eigenvalue weighted by atomic mass is 10.1. The first-order chi connectivity index (χ1) is 10.4. The minimum absolute atomic E-state index is 0.0837. The first-order valence-corrected chi connectivity index (χ1v) is 7.58. The van der Waals surface area contributed by atoms with Crippen molar-refractivity contribution in [2.45, 2.75) is 12.1 Å². The molecule has 3 heterocycles. The maximum absolute atomic E-state index is 14.1. The second-order valence-electron chi connectivity index (χ2n) is 5.29. The van der Waals surface area contributed by atoms with Gasteiger partial charge in [-0.2, -0.15) is 5.10 Å². The predicted octanol–water partition coefficient (Wildman–Crippen LogP) is 1.79. The molecule has 1 N–H and O–H groups in total. The van der Waals surface area contributed by atoms with Gasteiger partial charge in [-0.25, -0.2) is 9.18 Å². The lowest BCUT2D eigenvalue weighted by molar-refractivity contribution is -0.149. The van der Waals surface area contributed by atoms with E-state index in [2.05, 4.69) is 5.10 Å². The third kappa shape index (κ3) is 2.39.